The number of carbonyl (C=O) groups is 3. The molecule has 3 aromatic rings. The summed E-state index contributed by atoms with van der Waals surface area (Å²) < 4.78 is 0. The first-order chi connectivity index (χ1) is 14.0. The van der Waals surface area contributed by atoms with E-state index in [0.29, 0.717) is 35.3 Å². The van der Waals surface area contributed by atoms with Crippen molar-refractivity contribution >= 4 is 40.7 Å². The van der Waals surface area contributed by atoms with Crippen molar-refractivity contribution in [2.45, 2.75) is 12.8 Å². The predicted molar refractivity (Wildman–Crippen MR) is 112 cm³/mol. The van der Waals surface area contributed by atoms with Gasteiger partial charge in [-0.1, -0.05) is 54.1 Å². The maximum Gasteiger partial charge on any atom is 0.266 e. The van der Waals surface area contributed by atoms with E-state index in [1.165, 1.54) is 0 Å². The number of imide groups is 1. The van der Waals surface area contributed by atoms with Crippen molar-refractivity contribution in [2.24, 2.45) is 0 Å². The molecule has 0 bridgehead atoms. The number of carbonyl (C=O) groups excluding carboxylic acids is 3. The molecular weight excluding hydrogens is 388 g/mol. The van der Waals surface area contributed by atoms with Crippen LogP contribution in [-0.4, -0.2) is 17.7 Å². The first kappa shape index (κ1) is 18.9. The van der Waals surface area contributed by atoms with Crippen LogP contribution in [0.15, 0.2) is 72.8 Å². The normalized spacial score (nSPS) is 12.8. The Morgan fingerprint density at radius 1 is 0.862 bits per heavy atom. The zero-order valence-corrected chi connectivity index (χ0v) is 16.1. The molecule has 4 rings (SSSR count). The highest BCUT2D eigenvalue weighted by molar-refractivity contribution is 6.40. The fraction of sp³-hybridized carbons (Fsp3) is 0.0870. The Bertz CT molecular complexity index is 1080. The number of anilines is 2. The first-order valence-corrected chi connectivity index (χ1v) is 9.53. The molecule has 29 heavy (non-hydrogen) atoms. The van der Waals surface area contributed by atoms with Gasteiger partial charge in [-0.2, -0.15) is 0 Å². The van der Waals surface area contributed by atoms with Crippen LogP contribution in [0, 0.1) is 0 Å². The highest BCUT2D eigenvalue weighted by Crippen LogP contribution is 2.34. The maximum atomic E-state index is 12.6. The van der Waals surface area contributed by atoms with Crippen molar-refractivity contribution in [2.75, 3.05) is 10.2 Å². The molecule has 0 fully saturated rings. The lowest BCUT2D eigenvalue weighted by molar-refractivity contribution is -0.116. The van der Waals surface area contributed by atoms with Gasteiger partial charge in [-0.25, -0.2) is 4.90 Å². The van der Waals surface area contributed by atoms with Crippen LogP contribution in [0.25, 0.3) is 0 Å². The van der Waals surface area contributed by atoms with Gasteiger partial charge in [-0.15, -0.1) is 0 Å². The smallest absolute Gasteiger partial charge is 0.266 e. The molecule has 3 amide bonds. The van der Waals surface area contributed by atoms with Gasteiger partial charge in [0.1, 0.15) is 0 Å². The zero-order chi connectivity index (χ0) is 20.4. The molecule has 0 saturated carbocycles. The van der Waals surface area contributed by atoms with Crippen LogP contribution >= 0.6 is 11.6 Å². The molecule has 0 radical (unpaired) electrons. The van der Waals surface area contributed by atoms with E-state index < -0.39 is 11.8 Å². The standard InChI is InChI=1S/C23H17ClN2O3/c24-19-14-16(25-21(27)13-10-15-6-2-1-3-7-15)11-12-20(19)26-22(28)17-8-4-5-9-18(17)23(26)29/h1-9,11-12,14H,10,13H2,(H,25,27). The van der Waals surface area contributed by atoms with Gasteiger partial charge in [0.15, 0.2) is 0 Å². The van der Waals surface area contributed by atoms with Crippen LogP contribution in [-0.2, 0) is 11.2 Å². The molecule has 0 spiro atoms. The van der Waals surface area contributed by atoms with Gasteiger partial charge < -0.3 is 5.32 Å². The molecule has 0 atom stereocenters. The van der Waals surface area contributed by atoms with Gasteiger partial charge in [0, 0.05) is 12.1 Å². The average Bonchev–Trinajstić information content (AvgIpc) is 2.98. The topological polar surface area (TPSA) is 66.5 Å². The van der Waals surface area contributed by atoms with Crippen molar-refractivity contribution in [3.8, 4) is 0 Å². The summed E-state index contributed by atoms with van der Waals surface area (Å²) in [6.07, 6.45) is 0.968. The third-order valence-electron chi connectivity index (χ3n) is 4.75. The molecule has 0 unspecified atom stereocenters. The Balaban J connectivity index is 1.47. The summed E-state index contributed by atoms with van der Waals surface area (Å²) in [5.41, 5.74) is 2.59. The van der Waals surface area contributed by atoms with Gasteiger partial charge in [0.25, 0.3) is 11.8 Å². The van der Waals surface area contributed by atoms with E-state index >= 15 is 0 Å². The highest BCUT2D eigenvalue weighted by Gasteiger charge is 2.37. The van der Waals surface area contributed by atoms with Crippen molar-refractivity contribution in [3.63, 3.8) is 0 Å². The number of aryl methyl sites for hydroxylation is 1. The first-order valence-electron chi connectivity index (χ1n) is 9.16. The number of amides is 3. The lowest BCUT2D eigenvalue weighted by atomic mass is 10.1. The summed E-state index contributed by atoms with van der Waals surface area (Å²) in [5.74, 6) is -0.960. The third-order valence-corrected chi connectivity index (χ3v) is 5.05. The molecule has 1 heterocycles. The Kier molecular flexibility index (Phi) is 5.14. The van der Waals surface area contributed by atoms with Crippen LogP contribution in [0.4, 0.5) is 11.4 Å². The van der Waals surface area contributed by atoms with E-state index in [-0.39, 0.29) is 10.9 Å². The number of benzene rings is 3. The maximum absolute atomic E-state index is 12.6. The lowest BCUT2D eigenvalue weighted by Gasteiger charge is -2.16. The summed E-state index contributed by atoms with van der Waals surface area (Å²) >= 11 is 6.34. The van der Waals surface area contributed by atoms with E-state index in [9.17, 15) is 14.4 Å². The molecule has 5 nitrogen and oxygen atoms in total. The second-order valence-corrected chi connectivity index (χ2v) is 7.10. The van der Waals surface area contributed by atoms with E-state index in [1.54, 1.807) is 42.5 Å². The molecule has 0 aromatic heterocycles. The van der Waals surface area contributed by atoms with Crippen LogP contribution < -0.4 is 10.2 Å². The summed E-state index contributed by atoms with van der Waals surface area (Å²) in [7, 11) is 0. The number of nitrogens with zero attached hydrogens (tertiary/aromatic N) is 1. The summed E-state index contributed by atoms with van der Waals surface area (Å²) in [6.45, 7) is 0. The van der Waals surface area contributed by atoms with Crippen LogP contribution in [0.1, 0.15) is 32.7 Å². The Morgan fingerprint density at radius 3 is 2.10 bits per heavy atom. The number of nitrogens with one attached hydrogen (secondary N) is 1. The fourth-order valence-electron chi connectivity index (χ4n) is 3.30. The lowest BCUT2D eigenvalue weighted by Crippen LogP contribution is -2.29. The molecular formula is C23H17ClN2O3. The van der Waals surface area contributed by atoms with Gasteiger partial charge in [-0.3, -0.25) is 14.4 Å². The van der Waals surface area contributed by atoms with E-state index in [1.807, 2.05) is 30.3 Å². The van der Waals surface area contributed by atoms with Crippen molar-refractivity contribution in [1.29, 1.82) is 0 Å². The molecule has 1 aliphatic rings. The minimum absolute atomic E-state index is 0.140. The molecule has 6 heteroatoms. The number of rotatable bonds is 5. The Morgan fingerprint density at radius 2 is 1.48 bits per heavy atom. The van der Waals surface area contributed by atoms with Crippen LogP contribution in [0.5, 0.6) is 0 Å². The number of hydrogen-bond donors (Lipinski definition) is 1. The van der Waals surface area contributed by atoms with Crippen molar-refractivity contribution in [1.82, 2.24) is 0 Å². The van der Waals surface area contributed by atoms with Gasteiger partial charge in [-0.05, 0) is 42.3 Å². The number of hydrogen-bond acceptors (Lipinski definition) is 3. The predicted octanol–water partition coefficient (Wildman–Crippen LogP) is 4.71. The summed E-state index contributed by atoms with van der Waals surface area (Å²) in [4.78, 5) is 38.5. The number of halogens is 1. The van der Waals surface area contributed by atoms with E-state index in [2.05, 4.69) is 5.32 Å². The van der Waals surface area contributed by atoms with Crippen LogP contribution in [0.2, 0.25) is 5.02 Å². The van der Waals surface area contributed by atoms with Crippen LogP contribution in [0.3, 0.4) is 0 Å². The van der Waals surface area contributed by atoms with E-state index in [0.717, 1.165) is 10.5 Å². The van der Waals surface area contributed by atoms with Gasteiger partial charge >= 0.3 is 0 Å². The SMILES string of the molecule is O=C(CCc1ccccc1)Nc1ccc(N2C(=O)c3ccccc3C2=O)c(Cl)c1. The number of fused-ring (bicyclic) bond motifs is 1. The molecule has 144 valence electrons. The minimum Gasteiger partial charge on any atom is -0.326 e. The van der Waals surface area contributed by atoms with Crippen molar-refractivity contribution in [3.05, 3.63) is 94.5 Å². The van der Waals surface area contributed by atoms with Crippen molar-refractivity contribution < 1.29 is 14.4 Å². The molecule has 3 aromatic carbocycles. The largest absolute Gasteiger partial charge is 0.326 e. The molecule has 0 saturated heterocycles. The second kappa shape index (κ2) is 7.89. The highest BCUT2D eigenvalue weighted by atomic mass is 35.5. The summed E-state index contributed by atoms with van der Waals surface area (Å²) in [6, 6.07) is 21.1. The molecule has 1 aliphatic heterocycles. The Hall–Kier alpha value is -3.44. The Labute approximate surface area is 172 Å². The minimum atomic E-state index is -0.410. The zero-order valence-electron chi connectivity index (χ0n) is 15.4. The average molecular weight is 405 g/mol. The van der Waals surface area contributed by atoms with E-state index in [4.69, 9.17) is 11.6 Å². The molecule has 1 N–H and O–H groups in total. The fourth-order valence-corrected chi connectivity index (χ4v) is 3.57. The monoisotopic (exact) mass is 404 g/mol. The van der Waals surface area contributed by atoms with Gasteiger partial charge in [0.05, 0.1) is 21.8 Å². The van der Waals surface area contributed by atoms with Gasteiger partial charge in [0.2, 0.25) is 5.91 Å². The second-order valence-electron chi connectivity index (χ2n) is 6.69. The third kappa shape index (κ3) is 3.77. The molecule has 0 aliphatic carbocycles. The quantitative estimate of drug-likeness (QED) is 0.626. The summed E-state index contributed by atoms with van der Waals surface area (Å²) in [5, 5.41) is 3.01.